The second-order valence-corrected chi connectivity index (χ2v) is 9.86. The van der Waals surface area contributed by atoms with Gasteiger partial charge in [-0.05, 0) is 78.7 Å². The quantitative estimate of drug-likeness (QED) is 0.381. The topological polar surface area (TPSA) is 46.6 Å². The molecule has 0 bridgehead atoms. The third kappa shape index (κ3) is 4.53. The molecule has 0 atom stereocenters. The summed E-state index contributed by atoms with van der Waals surface area (Å²) in [5.41, 5.74) is 6.11. The Morgan fingerprint density at radius 2 is 1.70 bits per heavy atom. The van der Waals surface area contributed by atoms with Gasteiger partial charge in [0.1, 0.15) is 0 Å². The lowest BCUT2D eigenvalue weighted by atomic mass is 9.62. The number of ether oxygens (including phenoxy) is 1. The summed E-state index contributed by atoms with van der Waals surface area (Å²) in [5, 5.41) is 0. The summed E-state index contributed by atoms with van der Waals surface area (Å²) in [6, 6.07) is 4.64. The number of nitrogens with zero attached hydrogens (tertiary/aromatic N) is 1. The summed E-state index contributed by atoms with van der Waals surface area (Å²) >= 11 is 0. The van der Waals surface area contributed by atoms with E-state index < -0.39 is 0 Å². The van der Waals surface area contributed by atoms with Crippen molar-refractivity contribution >= 4 is 17.6 Å². The van der Waals surface area contributed by atoms with E-state index in [1.54, 1.807) is 26.0 Å². The second-order valence-electron chi connectivity index (χ2n) is 9.86. The van der Waals surface area contributed by atoms with Gasteiger partial charge in [-0.15, -0.1) is 0 Å². The third-order valence-electron chi connectivity index (χ3n) is 6.56. The van der Waals surface area contributed by atoms with Crippen LogP contribution in [0.1, 0.15) is 77.5 Å². The Bertz CT molecular complexity index is 905. The summed E-state index contributed by atoms with van der Waals surface area (Å²) in [7, 11) is 0. The van der Waals surface area contributed by atoms with Crippen molar-refractivity contribution in [1.29, 1.82) is 0 Å². The predicted molar refractivity (Wildman–Crippen MR) is 122 cm³/mol. The van der Waals surface area contributed by atoms with E-state index in [1.807, 2.05) is 4.90 Å². The number of benzene rings is 1. The van der Waals surface area contributed by atoms with Gasteiger partial charge in [-0.2, -0.15) is 0 Å². The number of rotatable bonds is 4. The normalized spacial score (nSPS) is 19.9. The van der Waals surface area contributed by atoms with Gasteiger partial charge in [0.25, 0.3) is 5.91 Å². The summed E-state index contributed by atoms with van der Waals surface area (Å²) in [4.78, 5) is 26.5. The monoisotopic (exact) mass is 409 g/mol. The Kier molecular flexibility index (Phi) is 6.26. The molecule has 162 valence electrons. The maximum atomic E-state index is 13.0. The van der Waals surface area contributed by atoms with E-state index in [0.29, 0.717) is 12.2 Å². The molecule has 1 aliphatic carbocycles. The SMILES string of the molecule is CCOC(=O)C=C(C)C=CC(=O)N1CCCc2cc3c(cc21)C(C)(C)CCC3(C)C. The minimum Gasteiger partial charge on any atom is -0.463 e. The van der Waals surface area contributed by atoms with Crippen molar-refractivity contribution in [2.24, 2.45) is 0 Å². The molecule has 0 fully saturated rings. The Balaban J connectivity index is 1.91. The highest BCUT2D eigenvalue weighted by molar-refractivity contribution is 6.02. The van der Waals surface area contributed by atoms with E-state index >= 15 is 0 Å². The van der Waals surface area contributed by atoms with Gasteiger partial charge in [-0.25, -0.2) is 4.79 Å². The number of hydrogen-bond donors (Lipinski definition) is 0. The summed E-state index contributed by atoms with van der Waals surface area (Å²) in [6.45, 7) is 13.9. The van der Waals surface area contributed by atoms with Crippen LogP contribution in [0.4, 0.5) is 5.69 Å². The molecule has 0 N–H and O–H groups in total. The van der Waals surface area contributed by atoms with Gasteiger partial charge in [-0.3, -0.25) is 4.79 Å². The number of hydrogen-bond acceptors (Lipinski definition) is 3. The molecule has 1 aromatic rings. The van der Waals surface area contributed by atoms with E-state index in [2.05, 4.69) is 39.8 Å². The fourth-order valence-corrected chi connectivity index (χ4v) is 4.59. The average molecular weight is 410 g/mol. The Hall–Kier alpha value is -2.36. The Morgan fingerprint density at radius 3 is 2.33 bits per heavy atom. The van der Waals surface area contributed by atoms with Crippen molar-refractivity contribution in [2.45, 2.75) is 78.1 Å². The van der Waals surface area contributed by atoms with Crippen LogP contribution in [0.3, 0.4) is 0 Å². The minimum atomic E-state index is -0.383. The van der Waals surface area contributed by atoms with Crippen LogP contribution in [0.2, 0.25) is 0 Å². The highest BCUT2D eigenvalue weighted by Crippen LogP contribution is 2.48. The van der Waals surface area contributed by atoms with Crippen LogP contribution in [-0.4, -0.2) is 25.0 Å². The van der Waals surface area contributed by atoms with Crippen LogP contribution in [0.15, 0.2) is 35.9 Å². The molecule has 0 radical (unpaired) electrons. The van der Waals surface area contributed by atoms with Crippen molar-refractivity contribution in [3.8, 4) is 0 Å². The molecular weight excluding hydrogens is 374 g/mol. The molecule has 3 rings (SSSR count). The van der Waals surface area contributed by atoms with Gasteiger partial charge in [0.05, 0.1) is 6.61 Å². The predicted octanol–water partition coefficient (Wildman–Crippen LogP) is 5.38. The van der Waals surface area contributed by atoms with Crippen LogP contribution >= 0.6 is 0 Å². The van der Waals surface area contributed by atoms with Gasteiger partial charge in [0.2, 0.25) is 0 Å². The van der Waals surface area contributed by atoms with E-state index in [4.69, 9.17) is 4.74 Å². The molecule has 0 unspecified atom stereocenters. The molecule has 1 aliphatic heterocycles. The molecule has 4 nitrogen and oxygen atoms in total. The third-order valence-corrected chi connectivity index (χ3v) is 6.56. The lowest BCUT2D eigenvalue weighted by Crippen LogP contribution is -2.38. The standard InChI is InChI=1S/C26H35NO3/c1-7-30-24(29)15-18(2)10-11-23(28)27-14-8-9-19-16-20-21(17-22(19)27)26(5,6)13-12-25(20,3)4/h10-11,15-17H,7-9,12-14H2,1-6H3. The van der Waals surface area contributed by atoms with E-state index in [1.165, 1.54) is 29.2 Å². The number of carbonyl (C=O) groups excluding carboxylic acids is 2. The molecular formula is C26H35NO3. The zero-order valence-corrected chi connectivity index (χ0v) is 19.3. The van der Waals surface area contributed by atoms with E-state index in [-0.39, 0.29) is 22.7 Å². The number of esters is 1. The van der Waals surface area contributed by atoms with Gasteiger partial charge >= 0.3 is 5.97 Å². The summed E-state index contributed by atoms with van der Waals surface area (Å²) in [5.74, 6) is -0.424. The lowest BCUT2D eigenvalue weighted by Gasteiger charge is -2.43. The smallest absolute Gasteiger partial charge is 0.330 e. The summed E-state index contributed by atoms with van der Waals surface area (Å²) < 4.78 is 4.93. The first kappa shape index (κ1) is 22.3. The zero-order chi connectivity index (χ0) is 22.1. The van der Waals surface area contributed by atoms with Crippen molar-refractivity contribution in [3.63, 3.8) is 0 Å². The highest BCUT2D eigenvalue weighted by Gasteiger charge is 2.38. The molecule has 2 aliphatic rings. The first-order valence-corrected chi connectivity index (χ1v) is 11.1. The highest BCUT2D eigenvalue weighted by atomic mass is 16.5. The molecule has 0 saturated heterocycles. The maximum absolute atomic E-state index is 13.0. The van der Waals surface area contributed by atoms with Crippen molar-refractivity contribution in [2.75, 3.05) is 18.1 Å². The molecule has 1 amide bonds. The molecule has 0 aromatic heterocycles. The van der Waals surface area contributed by atoms with Crippen LogP contribution in [0.5, 0.6) is 0 Å². The number of amides is 1. The van der Waals surface area contributed by atoms with Crippen LogP contribution in [0.25, 0.3) is 0 Å². The molecule has 30 heavy (non-hydrogen) atoms. The number of anilines is 1. The number of carbonyl (C=O) groups is 2. The van der Waals surface area contributed by atoms with E-state index in [0.717, 1.165) is 31.5 Å². The van der Waals surface area contributed by atoms with Crippen molar-refractivity contribution in [1.82, 2.24) is 0 Å². The first-order chi connectivity index (χ1) is 14.0. The first-order valence-electron chi connectivity index (χ1n) is 11.1. The van der Waals surface area contributed by atoms with E-state index in [9.17, 15) is 9.59 Å². The maximum Gasteiger partial charge on any atom is 0.330 e. The average Bonchev–Trinajstić information content (AvgIpc) is 2.68. The Labute approximate surface area is 181 Å². The van der Waals surface area contributed by atoms with Crippen LogP contribution in [0, 0.1) is 0 Å². The Morgan fingerprint density at radius 1 is 1.07 bits per heavy atom. The molecule has 1 heterocycles. The van der Waals surface area contributed by atoms with Gasteiger partial charge in [0.15, 0.2) is 0 Å². The number of aryl methyl sites for hydroxylation is 1. The van der Waals surface area contributed by atoms with Gasteiger partial charge < -0.3 is 9.64 Å². The fourth-order valence-electron chi connectivity index (χ4n) is 4.59. The number of fused-ring (bicyclic) bond motifs is 2. The van der Waals surface area contributed by atoms with Gasteiger partial charge in [-0.1, -0.05) is 39.8 Å². The summed E-state index contributed by atoms with van der Waals surface area (Å²) in [6.07, 6.45) is 8.98. The zero-order valence-electron chi connectivity index (χ0n) is 19.3. The minimum absolute atomic E-state index is 0.0413. The number of allylic oxidation sites excluding steroid dienone is 2. The molecule has 4 heteroatoms. The van der Waals surface area contributed by atoms with Crippen molar-refractivity contribution in [3.05, 3.63) is 52.6 Å². The second kappa shape index (κ2) is 8.41. The van der Waals surface area contributed by atoms with Crippen molar-refractivity contribution < 1.29 is 14.3 Å². The molecule has 1 aromatic carbocycles. The molecule has 0 saturated carbocycles. The van der Waals surface area contributed by atoms with Gasteiger partial charge in [0, 0.05) is 24.4 Å². The van der Waals surface area contributed by atoms with Crippen LogP contribution in [-0.2, 0) is 31.6 Å². The fraction of sp³-hybridized carbons (Fsp3) is 0.538. The largest absolute Gasteiger partial charge is 0.463 e. The van der Waals surface area contributed by atoms with Crippen LogP contribution < -0.4 is 4.90 Å². The lowest BCUT2D eigenvalue weighted by molar-refractivity contribution is -0.137. The molecule has 0 spiro atoms.